The first-order valence-electron chi connectivity index (χ1n) is 7.24. The molecule has 2 aromatic heterocycles. The van der Waals surface area contributed by atoms with Crippen molar-refractivity contribution in [3.05, 3.63) is 17.5 Å². The van der Waals surface area contributed by atoms with Crippen molar-refractivity contribution in [2.75, 3.05) is 12.4 Å². The summed E-state index contributed by atoms with van der Waals surface area (Å²) in [5.74, 6) is 2.78. The molecule has 8 heteroatoms. The van der Waals surface area contributed by atoms with Gasteiger partial charge in [0.1, 0.15) is 11.9 Å². The van der Waals surface area contributed by atoms with Crippen molar-refractivity contribution < 1.29 is 4.74 Å². The van der Waals surface area contributed by atoms with Crippen LogP contribution < -0.4 is 5.32 Å². The van der Waals surface area contributed by atoms with E-state index in [0.717, 1.165) is 29.7 Å². The maximum Gasteiger partial charge on any atom is 0.203 e. The van der Waals surface area contributed by atoms with Crippen molar-refractivity contribution in [3.63, 3.8) is 0 Å². The number of nitrogens with zero attached hydrogens (tertiary/aromatic N) is 5. The van der Waals surface area contributed by atoms with E-state index < -0.39 is 0 Å². The van der Waals surface area contributed by atoms with Crippen molar-refractivity contribution >= 4 is 16.7 Å². The second-order valence-corrected chi connectivity index (χ2v) is 6.04. The highest BCUT2D eigenvalue weighted by Gasteiger charge is 2.21. The first-order valence-corrected chi connectivity index (χ1v) is 8.01. The van der Waals surface area contributed by atoms with Gasteiger partial charge >= 0.3 is 0 Å². The summed E-state index contributed by atoms with van der Waals surface area (Å²) in [6, 6.07) is 0.0583. The highest BCUT2D eigenvalue weighted by molar-refractivity contribution is 7.09. The molecule has 3 heterocycles. The van der Waals surface area contributed by atoms with Gasteiger partial charge in [-0.2, -0.15) is 4.37 Å². The number of rotatable bonds is 5. The summed E-state index contributed by atoms with van der Waals surface area (Å²) in [5, 5.41) is 12.8. The van der Waals surface area contributed by atoms with E-state index in [1.54, 1.807) is 7.11 Å². The van der Waals surface area contributed by atoms with Gasteiger partial charge in [0.25, 0.3) is 0 Å². The van der Waals surface area contributed by atoms with Crippen molar-refractivity contribution in [1.29, 1.82) is 0 Å². The average molecular weight is 308 g/mol. The number of aromatic nitrogens is 5. The molecule has 1 N–H and O–H groups in total. The molecule has 1 aliphatic rings. The molecule has 2 atom stereocenters. The fourth-order valence-corrected chi connectivity index (χ4v) is 3.20. The van der Waals surface area contributed by atoms with Gasteiger partial charge in [0.2, 0.25) is 5.13 Å². The first-order chi connectivity index (χ1) is 10.2. The summed E-state index contributed by atoms with van der Waals surface area (Å²) in [5.41, 5.74) is 0. The van der Waals surface area contributed by atoms with Crippen molar-refractivity contribution in [2.45, 2.75) is 51.8 Å². The van der Waals surface area contributed by atoms with Crippen molar-refractivity contribution in [3.8, 4) is 0 Å². The van der Waals surface area contributed by atoms with Crippen LogP contribution >= 0.6 is 11.5 Å². The zero-order chi connectivity index (χ0) is 14.8. The minimum atomic E-state index is -0.0899. The number of nitrogens with one attached hydrogen (secondary N) is 1. The molecule has 0 aliphatic carbocycles. The van der Waals surface area contributed by atoms with Crippen LogP contribution in [-0.4, -0.2) is 31.2 Å². The first kappa shape index (κ1) is 14.4. The molecule has 114 valence electrons. The predicted molar refractivity (Wildman–Crippen MR) is 80.3 cm³/mol. The zero-order valence-corrected chi connectivity index (χ0v) is 13.4. The van der Waals surface area contributed by atoms with Crippen LogP contribution in [0.3, 0.4) is 0 Å². The maximum absolute atomic E-state index is 5.23. The van der Waals surface area contributed by atoms with Gasteiger partial charge in [0, 0.05) is 31.6 Å². The molecular formula is C13H20N6OS. The largest absolute Gasteiger partial charge is 0.374 e. The zero-order valence-electron chi connectivity index (χ0n) is 12.5. The SMILES string of the molecule is COC(C)c1nsc(NC(C)c2nnc3n2CCCC3)n1. The lowest BCUT2D eigenvalue weighted by Gasteiger charge is -2.18. The van der Waals surface area contributed by atoms with E-state index in [2.05, 4.69) is 36.4 Å². The Morgan fingerprint density at radius 1 is 1.29 bits per heavy atom. The molecular weight excluding hydrogens is 288 g/mol. The summed E-state index contributed by atoms with van der Waals surface area (Å²) < 4.78 is 11.8. The molecule has 2 unspecified atom stereocenters. The van der Waals surface area contributed by atoms with Gasteiger partial charge < -0.3 is 14.6 Å². The van der Waals surface area contributed by atoms with Crippen LogP contribution in [0, 0.1) is 0 Å². The minimum absolute atomic E-state index is 0.0583. The standard InChI is InChI=1S/C13H20N6OS/c1-8(12-17-16-10-6-4-5-7-19(10)12)14-13-15-11(18-21-13)9(2)20-3/h8-9H,4-7H2,1-3H3,(H,14,15,18). The third-order valence-corrected chi connectivity index (χ3v) is 4.43. The molecule has 0 aromatic carbocycles. The molecule has 0 saturated carbocycles. The van der Waals surface area contributed by atoms with E-state index in [-0.39, 0.29) is 12.1 Å². The van der Waals surface area contributed by atoms with Gasteiger partial charge in [-0.1, -0.05) is 0 Å². The van der Waals surface area contributed by atoms with Crippen LogP contribution in [0.5, 0.6) is 0 Å². The van der Waals surface area contributed by atoms with E-state index in [9.17, 15) is 0 Å². The van der Waals surface area contributed by atoms with Crippen LogP contribution in [0.25, 0.3) is 0 Å². The van der Waals surface area contributed by atoms with E-state index in [4.69, 9.17) is 4.74 Å². The summed E-state index contributed by atoms with van der Waals surface area (Å²) in [6.45, 7) is 5.02. The topological polar surface area (TPSA) is 77.8 Å². The molecule has 0 spiro atoms. The number of aryl methyl sites for hydroxylation is 1. The van der Waals surface area contributed by atoms with Gasteiger partial charge in [-0.3, -0.25) is 0 Å². The molecule has 7 nitrogen and oxygen atoms in total. The summed E-state index contributed by atoms with van der Waals surface area (Å²) in [4.78, 5) is 4.46. The number of anilines is 1. The second kappa shape index (κ2) is 6.07. The van der Waals surface area contributed by atoms with Gasteiger partial charge in [-0.25, -0.2) is 4.98 Å². The predicted octanol–water partition coefficient (Wildman–Crippen LogP) is 2.35. The summed E-state index contributed by atoms with van der Waals surface area (Å²) in [7, 11) is 1.66. The fraction of sp³-hybridized carbons (Fsp3) is 0.692. The summed E-state index contributed by atoms with van der Waals surface area (Å²) >= 11 is 1.35. The molecule has 3 rings (SSSR count). The maximum atomic E-state index is 5.23. The highest BCUT2D eigenvalue weighted by atomic mass is 32.1. The summed E-state index contributed by atoms with van der Waals surface area (Å²) in [6.07, 6.45) is 3.33. The Hall–Kier alpha value is -1.54. The van der Waals surface area contributed by atoms with E-state index in [1.807, 2.05) is 6.92 Å². The van der Waals surface area contributed by atoms with Crippen molar-refractivity contribution in [2.24, 2.45) is 0 Å². The quantitative estimate of drug-likeness (QED) is 0.913. The smallest absolute Gasteiger partial charge is 0.203 e. The Balaban J connectivity index is 1.73. The van der Waals surface area contributed by atoms with Crippen LogP contribution in [-0.2, 0) is 17.7 Å². The highest BCUT2D eigenvalue weighted by Crippen LogP contribution is 2.24. The molecule has 2 aromatic rings. The average Bonchev–Trinajstić information content (AvgIpc) is 3.12. The number of methoxy groups -OCH3 is 1. The third kappa shape index (κ3) is 2.91. The van der Waals surface area contributed by atoms with Crippen LogP contribution in [0.2, 0.25) is 0 Å². The Morgan fingerprint density at radius 3 is 2.95 bits per heavy atom. The lowest BCUT2D eigenvalue weighted by atomic mass is 10.1. The van der Waals surface area contributed by atoms with Crippen LogP contribution in [0.15, 0.2) is 0 Å². The van der Waals surface area contributed by atoms with Crippen LogP contribution in [0.1, 0.15) is 56.3 Å². The fourth-order valence-electron chi connectivity index (χ4n) is 2.46. The molecule has 0 amide bonds. The molecule has 0 saturated heterocycles. The third-order valence-electron chi connectivity index (χ3n) is 3.77. The Bertz CT molecular complexity index is 610. The molecule has 1 aliphatic heterocycles. The lowest BCUT2D eigenvalue weighted by Crippen LogP contribution is -2.18. The molecule has 21 heavy (non-hydrogen) atoms. The minimum Gasteiger partial charge on any atom is -0.374 e. The van der Waals surface area contributed by atoms with E-state index in [1.165, 1.54) is 24.4 Å². The lowest BCUT2D eigenvalue weighted by molar-refractivity contribution is 0.113. The van der Waals surface area contributed by atoms with Gasteiger partial charge in [0.05, 0.1) is 6.04 Å². The van der Waals surface area contributed by atoms with Crippen LogP contribution in [0.4, 0.5) is 5.13 Å². The Kier molecular flexibility index (Phi) is 4.16. The molecule has 0 bridgehead atoms. The monoisotopic (exact) mass is 308 g/mol. The number of ether oxygens (including phenoxy) is 1. The Morgan fingerprint density at radius 2 is 2.14 bits per heavy atom. The number of hydrogen-bond acceptors (Lipinski definition) is 7. The number of hydrogen-bond donors (Lipinski definition) is 1. The van der Waals surface area contributed by atoms with E-state index >= 15 is 0 Å². The number of fused-ring (bicyclic) bond motifs is 1. The van der Waals surface area contributed by atoms with E-state index in [0.29, 0.717) is 5.82 Å². The van der Waals surface area contributed by atoms with Crippen molar-refractivity contribution in [1.82, 2.24) is 24.1 Å². The Labute approximate surface area is 127 Å². The molecule has 0 radical (unpaired) electrons. The van der Waals surface area contributed by atoms with Gasteiger partial charge in [-0.15, -0.1) is 10.2 Å². The second-order valence-electron chi connectivity index (χ2n) is 5.28. The normalized spacial score (nSPS) is 17.3. The van der Waals surface area contributed by atoms with Gasteiger partial charge in [-0.05, 0) is 26.7 Å². The van der Waals surface area contributed by atoms with Gasteiger partial charge in [0.15, 0.2) is 11.6 Å². The molecule has 0 fully saturated rings.